The maximum Gasteiger partial charge on any atom is 0.129 e. The van der Waals surface area contributed by atoms with Gasteiger partial charge in [-0.15, -0.1) is 0 Å². The molecule has 2 aromatic carbocycles. The van der Waals surface area contributed by atoms with Crippen molar-refractivity contribution in [3.63, 3.8) is 0 Å². The van der Waals surface area contributed by atoms with Gasteiger partial charge in [-0.25, -0.2) is 0 Å². The summed E-state index contributed by atoms with van der Waals surface area (Å²) in [6.45, 7) is 3.28. The van der Waals surface area contributed by atoms with Gasteiger partial charge in [0.05, 0.1) is 10.0 Å². The van der Waals surface area contributed by atoms with Crippen LogP contribution in [0.3, 0.4) is 0 Å². The second kappa shape index (κ2) is 8.41. The van der Waals surface area contributed by atoms with E-state index in [2.05, 4.69) is 36.0 Å². The first kappa shape index (κ1) is 18.5. The van der Waals surface area contributed by atoms with E-state index < -0.39 is 0 Å². The zero-order valence-corrected chi connectivity index (χ0v) is 16.2. The summed E-state index contributed by atoms with van der Waals surface area (Å²) in [5.41, 5.74) is 1.25. The third-order valence-electron chi connectivity index (χ3n) is 4.77. The molecular formula is C20H24Cl2N2O. The van der Waals surface area contributed by atoms with Crippen molar-refractivity contribution < 1.29 is 4.74 Å². The third kappa shape index (κ3) is 5.11. The summed E-state index contributed by atoms with van der Waals surface area (Å²) in [6, 6.07) is 14.2. The molecule has 0 aliphatic carbocycles. The molecule has 0 saturated carbocycles. The lowest BCUT2D eigenvalue weighted by molar-refractivity contribution is 0.139. The van der Waals surface area contributed by atoms with Crippen molar-refractivity contribution in [1.82, 2.24) is 9.80 Å². The van der Waals surface area contributed by atoms with Crippen molar-refractivity contribution >= 4 is 23.2 Å². The summed E-state index contributed by atoms with van der Waals surface area (Å²) in [6.07, 6.45) is 2.46. The molecule has 3 nitrogen and oxygen atoms in total. The molecule has 0 bridgehead atoms. The Morgan fingerprint density at radius 1 is 1.04 bits per heavy atom. The van der Waals surface area contributed by atoms with Gasteiger partial charge in [0.2, 0.25) is 0 Å². The highest BCUT2D eigenvalue weighted by molar-refractivity contribution is 6.42. The van der Waals surface area contributed by atoms with Crippen molar-refractivity contribution in [3.8, 4) is 11.5 Å². The van der Waals surface area contributed by atoms with Crippen molar-refractivity contribution in [2.75, 3.05) is 27.2 Å². The van der Waals surface area contributed by atoms with E-state index in [0.717, 1.165) is 12.3 Å². The van der Waals surface area contributed by atoms with Crippen molar-refractivity contribution in [2.45, 2.75) is 25.4 Å². The Kier molecular flexibility index (Phi) is 6.24. The van der Waals surface area contributed by atoms with E-state index in [-0.39, 0.29) is 0 Å². The summed E-state index contributed by atoms with van der Waals surface area (Å²) in [5.74, 6) is 1.50. The van der Waals surface area contributed by atoms with Crippen LogP contribution in [0, 0.1) is 0 Å². The second-order valence-electron chi connectivity index (χ2n) is 6.77. The number of piperidine rings is 1. The van der Waals surface area contributed by atoms with Crippen LogP contribution in [0.5, 0.6) is 11.5 Å². The van der Waals surface area contributed by atoms with Crippen LogP contribution >= 0.6 is 23.2 Å². The van der Waals surface area contributed by atoms with Crippen molar-refractivity contribution in [1.29, 1.82) is 0 Å². The first-order valence-electron chi connectivity index (χ1n) is 8.62. The largest absolute Gasteiger partial charge is 0.457 e. The van der Waals surface area contributed by atoms with Gasteiger partial charge in [0.1, 0.15) is 11.5 Å². The Morgan fingerprint density at radius 2 is 1.76 bits per heavy atom. The van der Waals surface area contributed by atoms with Crippen LogP contribution in [-0.4, -0.2) is 43.0 Å². The molecule has 0 amide bonds. The molecule has 0 unspecified atom stereocenters. The average Bonchev–Trinajstić information content (AvgIpc) is 2.59. The highest BCUT2D eigenvalue weighted by atomic mass is 35.5. The predicted octanol–water partition coefficient (Wildman–Crippen LogP) is 5.31. The van der Waals surface area contributed by atoms with Crippen LogP contribution < -0.4 is 4.74 Å². The Hall–Kier alpha value is -1.26. The topological polar surface area (TPSA) is 15.7 Å². The first-order chi connectivity index (χ1) is 12.0. The standard InChI is InChI=1S/C20H24Cl2N2O/c1-23-10-8-16(9-11-23)24(2)14-15-4-3-5-17(12-15)25-18-6-7-19(21)20(22)13-18/h3-7,12-13,16H,8-11,14H2,1-2H3. The van der Waals surface area contributed by atoms with Gasteiger partial charge in [0.25, 0.3) is 0 Å². The normalized spacial score (nSPS) is 16.4. The molecule has 25 heavy (non-hydrogen) atoms. The molecule has 1 aliphatic rings. The lowest BCUT2D eigenvalue weighted by Gasteiger charge is -2.35. The zero-order valence-electron chi connectivity index (χ0n) is 14.7. The van der Waals surface area contributed by atoms with Gasteiger partial charge < -0.3 is 9.64 Å². The molecule has 134 valence electrons. The second-order valence-corrected chi connectivity index (χ2v) is 7.59. The van der Waals surface area contributed by atoms with Gasteiger partial charge in [-0.2, -0.15) is 0 Å². The van der Waals surface area contributed by atoms with Gasteiger partial charge in [-0.3, -0.25) is 4.90 Å². The minimum atomic E-state index is 0.498. The molecular weight excluding hydrogens is 355 g/mol. The van der Waals surface area contributed by atoms with E-state index in [1.807, 2.05) is 18.2 Å². The molecule has 0 atom stereocenters. The Morgan fingerprint density at radius 3 is 2.48 bits per heavy atom. The quantitative estimate of drug-likeness (QED) is 0.700. The summed E-state index contributed by atoms with van der Waals surface area (Å²) in [4.78, 5) is 4.85. The SMILES string of the molecule is CN1CCC(N(C)Cc2cccc(Oc3ccc(Cl)c(Cl)c3)c2)CC1. The number of nitrogens with zero attached hydrogens (tertiary/aromatic N) is 2. The molecule has 1 aliphatic heterocycles. The van der Waals surface area contributed by atoms with Crippen molar-refractivity contribution in [2.24, 2.45) is 0 Å². The molecule has 2 aromatic rings. The summed E-state index contributed by atoms with van der Waals surface area (Å²) in [7, 11) is 4.41. The monoisotopic (exact) mass is 378 g/mol. The fourth-order valence-electron chi connectivity index (χ4n) is 3.24. The maximum atomic E-state index is 6.05. The van der Waals surface area contributed by atoms with Gasteiger partial charge in [-0.05, 0) is 69.9 Å². The van der Waals surface area contributed by atoms with Crippen LogP contribution in [0.15, 0.2) is 42.5 Å². The van der Waals surface area contributed by atoms with Crippen LogP contribution in [0.2, 0.25) is 10.0 Å². The van der Waals surface area contributed by atoms with Crippen LogP contribution in [0.4, 0.5) is 0 Å². The highest BCUT2D eigenvalue weighted by Gasteiger charge is 2.20. The number of likely N-dealkylation sites (tertiary alicyclic amines) is 1. The van der Waals surface area contributed by atoms with Crippen LogP contribution in [0.1, 0.15) is 18.4 Å². The minimum Gasteiger partial charge on any atom is -0.457 e. The zero-order chi connectivity index (χ0) is 17.8. The van der Waals surface area contributed by atoms with E-state index in [0.29, 0.717) is 21.8 Å². The summed E-state index contributed by atoms with van der Waals surface area (Å²) in [5, 5.41) is 1.03. The van der Waals surface area contributed by atoms with Crippen molar-refractivity contribution in [3.05, 3.63) is 58.1 Å². The lowest BCUT2D eigenvalue weighted by atomic mass is 10.0. The molecule has 0 radical (unpaired) electrons. The Bertz CT molecular complexity index is 715. The average molecular weight is 379 g/mol. The van der Waals surface area contributed by atoms with E-state index in [4.69, 9.17) is 27.9 Å². The number of benzene rings is 2. The summed E-state index contributed by atoms with van der Waals surface area (Å²) < 4.78 is 5.93. The molecule has 0 N–H and O–H groups in total. The number of ether oxygens (including phenoxy) is 1. The third-order valence-corrected chi connectivity index (χ3v) is 5.51. The van der Waals surface area contributed by atoms with Crippen LogP contribution in [-0.2, 0) is 6.54 Å². The molecule has 1 fully saturated rings. The predicted molar refractivity (Wildman–Crippen MR) is 105 cm³/mol. The smallest absolute Gasteiger partial charge is 0.129 e. The van der Waals surface area contributed by atoms with E-state index >= 15 is 0 Å². The fourth-order valence-corrected chi connectivity index (χ4v) is 3.52. The van der Waals surface area contributed by atoms with E-state index in [9.17, 15) is 0 Å². The molecule has 5 heteroatoms. The fraction of sp³-hybridized carbons (Fsp3) is 0.400. The molecule has 0 aromatic heterocycles. The number of halogens is 2. The van der Waals surface area contributed by atoms with Gasteiger partial charge in [0.15, 0.2) is 0 Å². The highest BCUT2D eigenvalue weighted by Crippen LogP contribution is 2.30. The van der Waals surface area contributed by atoms with Gasteiger partial charge in [0, 0.05) is 18.7 Å². The number of hydrogen-bond donors (Lipinski definition) is 0. The van der Waals surface area contributed by atoms with Crippen LogP contribution in [0.25, 0.3) is 0 Å². The molecule has 1 heterocycles. The van der Waals surface area contributed by atoms with Gasteiger partial charge in [-0.1, -0.05) is 35.3 Å². The Labute approximate surface area is 160 Å². The first-order valence-corrected chi connectivity index (χ1v) is 9.37. The van der Waals surface area contributed by atoms with Gasteiger partial charge >= 0.3 is 0 Å². The number of rotatable bonds is 5. The molecule has 3 rings (SSSR count). The number of hydrogen-bond acceptors (Lipinski definition) is 3. The lowest BCUT2D eigenvalue weighted by Crippen LogP contribution is -2.41. The molecule has 0 spiro atoms. The maximum absolute atomic E-state index is 6.05. The minimum absolute atomic E-state index is 0.498. The summed E-state index contributed by atoms with van der Waals surface area (Å²) >= 11 is 12.0. The molecule has 1 saturated heterocycles. The van der Waals surface area contributed by atoms with E-state index in [1.165, 1.54) is 31.5 Å². The Balaban J connectivity index is 1.63. The van der Waals surface area contributed by atoms with E-state index in [1.54, 1.807) is 12.1 Å².